The Morgan fingerprint density at radius 1 is 1.46 bits per heavy atom. The van der Waals surface area contributed by atoms with E-state index in [1.54, 1.807) is 11.3 Å². The molecule has 2 unspecified atom stereocenters. The molecule has 0 aromatic carbocycles. The van der Waals surface area contributed by atoms with Gasteiger partial charge < -0.3 is 10.2 Å². The Morgan fingerprint density at radius 2 is 2.12 bits per heavy atom. The summed E-state index contributed by atoms with van der Waals surface area (Å²) in [6.07, 6.45) is 4.28. The third-order valence-corrected chi connectivity index (χ3v) is 7.55. The number of carbonyl (C=O) groups excluding carboxylic acids is 1. The number of nitrogens with one attached hydrogen (secondary N) is 1. The summed E-state index contributed by atoms with van der Waals surface area (Å²) in [5.41, 5.74) is 1.29. The van der Waals surface area contributed by atoms with E-state index in [0.29, 0.717) is 6.54 Å². The summed E-state index contributed by atoms with van der Waals surface area (Å²) in [5, 5.41) is 6.41. The number of carbonyl (C=O) groups is 1. The highest BCUT2D eigenvalue weighted by molar-refractivity contribution is 7.92. The van der Waals surface area contributed by atoms with Gasteiger partial charge in [0.1, 0.15) is 5.25 Å². The molecule has 1 saturated carbocycles. The quantitative estimate of drug-likeness (QED) is 0.833. The normalized spacial score (nSPS) is 23.3. The lowest BCUT2D eigenvalue weighted by molar-refractivity contribution is -0.132. The molecule has 1 aliphatic carbocycles. The molecule has 1 saturated heterocycles. The minimum Gasteiger partial charge on any atom is -0.334 e. The van der Waals surface area contributed by atoms with Crippen LogP contribution in [0.3, 0.4) is 0 Å². The highest BCUT2D eigenvalue weighted by Crippen LogP contribution is 2.56. The van der Waals surface area contributed by atoms with Crippen molar-refractivity contribution in [1.82, 2.24) is 10.2 Å². The zero-order chi connectivity index (χ0) is 16.7. The Bertz CT molecular complexity index is 670. The summed E-state index contributed by atoms with van der Waals surface area (Å²) in [5.74, 6) is -0.251. The van der Waals surface area contributed by atoms with Crippen LogP contribution in [0.2, 0.25) is 0 Å². The average Bonchev–Trinajstić information content (AvgIpc) is 2.96. The number of hydrogen-bond donors (Lipinski definition) is 1. The molecule has 0 radical (unpaired) electrons. The second-order valence-electron chi connectivity index (χ2n) is 6.90. The molecule has 0 bridgehead atoms. The van der Waals surface area contributed by atoms with Crippen molar-refractivity contribution >= 4 is 39.5 Å². The van der Waals surface area contributed by atoms with Crippen molar-refractivity contribution in [2.24, 2.45) is 5.41 Å². The van der Waals surface area contributed by atoms with Crippen LogP contribution < -0.4 is 5.32 Å². The van der Waals surface area contributed by atoms with E-state index < -0.39 is 15.1 Å². The summed E-state index contributed by atoms with van der Waals surface area (Å²) in [6.45, 7) is 4.00. The van der Waals surface area contributed by atoms with Gasteiger partial charge in [0.25, 0.3) is 0 Å². The highest BCUT2D eigenvalue weighted by Gasteiger charge is 2.58. The number of piperidine rings is 1. The zero-order valence-corrected chi connectivity index (χ0v) is 16.5. The van der Waals surface area contributed by atoms with E-state index in [1.165, 1.54) is 6.92 Å². The van der Waals surface area contributed by atoms with Crippen molar-refractivity contribution in [2.75, 3.05) is 19.3 Å². The average molecular weight is 393 g/mol. The molecule has 2 fully saturated rings. The molecule has 1 N–H and O–H groups in total. The Kier molecular flexibility index (Phi) is 6.00. The molecule has 1 aromatic heterocycles. The van der Waals surface area contributed by atoms with E-state index in [0.717, 1.165) is 44.2 Å². The summed E-state index contributed by atoms with van der Waals surface area (Å²) in [4.78, 5) is 14.7. The number of rotatable bonds is 5. The number of halogens is 1. The van der Waals surface area contributed by atoms with E-state index in [1.807, 2.05) is 21.7 Å². The molecule has 2 heterocycles. The van der Waals surface area contributed by atoms with Crippen LogP contribution >= 0.6 is 23.7 Å². The van der Waals surface area contributed by atoms with Crippen LogP contribution in [0, 0.1) is 5.41 Å². The molecule has 24 heavy (non-hydrogen) atoms. The molecule has 1 aromatic rings. The lowest BCUT2D eigenvalue weighted by atomic mass is 9.93. The van der Waals surface area contributed by atoms with E-state index in [4.69, 9.17) is 0 Å². The molecule has 1 spiro atoms. The number of amides is 1. The first-order chi connectivity index (χ1) is 10.8. The van der Waals surface area contributed by atoms with Crippen LogP contribution in [0.4, 0.5) is 0 Å². The van der Waals surface area contributed by atoms with Gasteiger partial charge in [0.05, 0.1) is 0 Å². The van der Waals surface area contributed by atoms with Crippen molar-refractivity contribution < 1.29 is 13.2 Å². The Labute approximate surface area is 154 Å². The number of hydrogen-bond acceptors (Lipinski definition) is 5. The molecule has 136 valence electrons. The SMILES string of the molecule is CC(C(=O)N(Cc1ccsc1)C1CC12CCNCC2)S(C)(=O)=O.Cl. The number of thiophene rings is 1. The van der Waals surface area contributed by atoms with Gasteiger partial charge in [0.15, 0.2) is 9.84 Å². The van der Waals surface area contributed by atoms with E-state index in [2.05, 4.69) is 5.32 Å². The van der Waals surface area contributed by atoms with Crippen LogP contribution in [-0.4, -0.2) is 49.9 Å². The van der Waals surface area contributed by atoms with Crippen LogP contribution in [0.25, 0.3) is 0 Å². The maximum Gasteiger partial charge on any atom is 0.241 e. The van der Waals surface area contributed by atoms with Gasteiger partial charge in [-0.1, -0.05) is 0 Å². The molecule has 2 atom stereocenters. The van der Waals surface area contributed by atoms with Gasteiger partial charge in [0.2, 0.25) is 5.91 Å². The van der Waals surface area contributed by atoms with Crippen molar-refractivity contribution in [3.05, 3.63) is 22.4 Å². The molecule has 8 heteroatoms. The Balaban J connectivity index is 0.00000208. The summed E-state index contributed by atoms with van der Waals surface area (Å²) in [6, 6.07) is 2.19. The summed E-state index contributed by atoms with van der Waals surface area (Å²) >= 11 is 1.60. The maximum absolute atomic E-state index is 12.9. The van der Waals surface area contributed by atoms with Crippen LogP contribution in [0.5, 0.6) is 0 Å². The lowest BCUT2D eigenvalue weighted by Gasteiger charge is -2.31. The first-order valence-corrected chi connectivity index (χ1v) is 10.9. The molecule has 5 nitrogen and oxygen atoms in total. The summed E-state index contributed by atoms with van der Waals surface area (Å²) in [7, 11) is -3.37. The Morgan fingerprint density at radius 3 is 2.67 bits per heavy atom. The predicted molar refractivity (Wildman–Crippen MR) is 99.4 cm³/mol. The first-order valence-electron chi connectivity index (χ1n) is 8.05. The molecule has 2 aliphatic rings. The fourth-order valence-electron chi connectivity index (χ4n) is 3.57. The van der Waals surface area contributed by atoms with E-state index in [9.17, 15) is 13.2 Å². The second-order valence-corrected chi connectivity index (χ2v) is 10.0. The fraction of sp³-hybridized carbons (Fsp3) is 0.688. The van der Waals surface area contributed by atoms with E-state index in [-0.39, 0.29) is 29.8 Å². The number of nitrogens with zero attached hydrogens (tertiary/aromatic N) is 1. The smallest absolute Gasteiger partial charge is 0.241 e. The highest BCUT2D eigenvalue weighted by atomic mass is 35.5. The monoisotopic (exact) mass is 392 g/mol. The van der Waals surface area contributed by atoms with E-state index >= 15 is 0 Å². The maximum atomic E-state index is 12.9. The molecule has 1 amide bonds. The lowest BCUT2D eigenvalue weighted by Crippen LogP contribution is -2.44. The molecular formula is C16H25ClN2O3S2. The standard InChI is InChI=1S/C16H24N2O3S2.ClH/c1-12(23(2,20)21)15(19)18(10-13-3-8-22-11-13)14-9-16(14)4-6-17-7-5-16;/h3,8,11-12,14,17H,4-7,9-10H2,1-2H3;1H. The van der Waals surface area contributed by atoms with Gasteiger partial charge in [-0.3, -0.25) is 4.79 Å². The predicted octanol–water partition coefficient (Wildman–Crippen LogP) is 2.07. The zero-order valence-electron chi connectivity index (χ0n) is 14.0. The van der Waals surface area contributed by atoms with Gasteiger partial charge in [-0.05, 0) is 67.1 Å². The van der Waals surface area contributed by atoms with Crippen LogP contribution in [0.15, 0.2) is 16.8 Å². The van der Waals surface area contributed by atoms with Gasteiger partial charge >= 0.3 is 0 Å². The summed E-state index contributed by atoms with van der Waals surface area (Å²) < 4.78 is 23.7. The van der Waals surface area contributed by atoms with Gasteiger partial charge in [-0.25, -0.2) is 8.42 Å². The molecule has 3 rings (SSSR count). The van der Waals surface area contributed by atoms with Gasteiger partial charge in [-0.15, -0.1) is 12.4 Å². The van der Waals surface area contributed by atoms with Crippen molar-refractivity contribution in [2.45, 2.75) is 44.0 Å². The topological polar surface area (TPSA) is 66.5 Å². The van der Waals surface area contributed by atoms with Crippen molar-refractivity contribution in [3.8, 4) is 0 Å². The molecular weight excluding hydrogens is 368 g/mol. The fourth-order valence-corrected chi connectivity index (χ4v) is 4.73. The van der Waals surface area contributed by atoms with Crippen molar-refractivity contribution in [3.63, 3.8) is 0 Å². The largest absolute Gasteiger partial charge is 0.334 e. The minimum absolute atomic E-state index is 0. The van der Waals surface area contributed by atoms with Crippen LogP contribution in [0.1, 0.15) is 31.7 Å². The number of sulfone groups is 1. The third-order valence-electron chi connectivity index (χ3n) is 5.33. The second kappa shape index (κ2) is 7.32. The Hall–Kier alpha value is -0.630. The van der Waals surface area contributed by atoms with Crippen molar-refractivity contribution in [1.29, 1.82) is 0 Å². The van der Waals surface area contributed by atoms with Crippen LogP contribution in [-0.2, 0) is 21.2 Å². The van der Waals surface area contributed by atoms with Gasteiger partial charge in [-0.2, -0.15) is 11.3 Å². The molecule has 1 aliphatic heterocycles. The van der Waals surface area contributed by atoms with Gasteiger partial charge in [0, 0.05) is 18.8 Å². The minimum atomic E-state index is -3.37. The first kappa shape index (κ1) is 19.7. The third kappa shape index (κ3) is 3.95.